The summed E-state index contributed by atoms with van der Waals surface area (Å²) in [5.74, 6) is 0.698. The van der Waals surface area contributed by atoms with E-state index in [2.05, 4.69) is 14.7 Å². The van der Waals surface area contributed by atoms with Crippen molar-refractivity contribution < 1.29 is 22.7 Å². The van der Waals surface area contributed by atoms with Crippen molar-refractivity contribution in [1.82, 2.24) is 9.36 Å². The third-order valence-corrected chi connectivity index (χ3v) is 7.30. The van der Waals surface area contributed by atoms with Crippen LogP contribution < -0.4 is 14.8 Å². The van der Waals surface area contributed by atoms with Crippen molar-refractivity contribution in [3.63, 3.8) is 0 Å². The zero-order valence-electron chi connectivity index (χ0n) is 20.1. The van der Waals surface area contributed by atoms with Gasteiger partial charge in [0.25, 0.3) is 11.1 Å². The summed E-state index contributed by atoms with van der Waals surface area (Å²) < 4.78 is 39.0. The van der Waals surface area contributed by atoms with Crippen LogP contribution in [0, 0.1) is 25.2 Å². The van der Waals surface area contributed by atoms with Crippen LogP contribution in [0.3, 0.4) is 0 Å². The van der Waals surface area contributed by atoms with Gasteiger partial charge in [0.05, 0.1) is 19.0 Å². The summed E-state index contributed by atoms with van der Waals surface area (Å²) in [6.07, 6.45) is 2.13. The highest BCUT2D eigenvalue weighted by Crippen LogP contribution is 2.22. The Kier molecular flexibility index (Phi) is 9.16. The van der Waals surface area contributed by atoms with Gasteiger partial charge in [0, 0.05) is 18.0 Å². The average molecular weight is 527 g/mol. The zero-order valence-corrected chi connectivity index (χ0v) is 21.8. The van der Waals surface area contributed by atoms with Crippen LogP contribution in [-0.4, -0.2) is 42.6 Å². The van der Waals surface area contributed by atoms with Crippen LogP contribution in [0.1, 0.15) is 30.0 Å². The van der Waals surface area contributed by atoms with Gasteiger partial charge in [-0.3, -0.25) is 10.1 Å². The van der Waals surface area contributed by atoms with Gasteiger partial charge in [-0.1, -0.05) is 37.3 Å². The van der Waals surface area contributed by atoms with Crippen molar-refractivity contribution in [1.29, 1.82) is 5.26 Å². The van der Waals surface area contributed by atoms with Gasteiger partial charge in [0.2, 0.25) is 15.0 Å². The lowest BCUT2D eigenvalue weighted by Crippen LogP contribution is -2.13. The number of hydrogen-bond acceptors (Lipinski definition) is 9. The molecule has 0 unspecified atom stereocenters. The maximum absolute atomic E-state index is 12.4. The topological polar surface area (TPSA) is 131 Å². The number of nitrogens with zero attached hydrogens (tertiary/aromatic N) is 3. The second-order valence-electron chi connectivity index (χ2n) is 7.75. The van der Waals surface area contributed by atoms with Gasteiger partial charge in [-0.2, -0.15) is 14.6 Å². The van der Waals surface area contributed by atoms with Crippen LogP contribution in [0.25, 0.3) is 6.08 Å². The number of anilines is 1. The largest absolute Gasteiger partial charge is 0.493 e. The Balaban J connectivity index is 1.52. The molecule has 0 saturated heterocycles. The smallest absolute Gasteiger partial charge is 0.268 e. The predicted octanol–water partition coefficient (Wildman–Crippen LogP) is 4.34. The molecule has 36 heavy (non-hydrogen) atoms. The molecule has 0 radical (unpaired) electrons. The number of carbonyl (C=O) groups is 1. The number of benzene rings is 2. The molecular formula is C25H26N4O5S2. The first-order valence-electron chi connectivity index (χ1n) is 11.1. The molecule has 11 heteroatoms. The number of rotatable bonds is 11. The third kappa shape index (κ3) is 7.13. The van der Waals surface area contributed by atoms with Gasteiger partial charge in [0.1, 0.15) is 23.1 Å². The monoisotopic (exact) mass is 526 g/mol. The van der Waals surface area contributed by atoms with Crippen LogP contribution in [0.2, 0.25) is 0 Å². The third-order valence-electron chi connectivity index (χ3n) is 5.05. The highest BCUT2D eigenvalue weighted by Gasteiger charge is 2.20. The van der Waals surface area contributed by atoms with Crippen molar-refractivity contribution in [3.05, 3.63) is 64.7 Å². The van der Waals surface area contributed by atoms with Crippen LogP contribution >= 0.6 is 11.5 Å². The molecule has 1 N–H and O–H groups in total. The fourth-order valence-corrected chi connectivity index (χ4v) is 4.69. The van der Waals surface area contributed by atoms with Gasteiger partial charge in [0.15, 0.2) is 0 Å². The molecule has 9 nitrogen and oxygen atoms in total. The minimum absolute atomic E-state index is 0.00140. The molecule has 0 saturated carbocycles. The molecule has 0 spiro atoms. The normalized spacial score (nSPS) is 11.6. The molecule has 188 valence electrons. The summed E-state index contributed by atoms with van der Waals surface area (Å²) in [6, 6.07) is 14.8. The number of nitrogens with one attached hydrogen (secondary N) is 1. The lowest BCUT2D eigenvalue weighted by molar-refractivity contribution is -0.112. The van der Waals surface area contributed by atoms with Crippen molar-refractivity contribution >= 4 is 38.5 Å². The zero-order chi connectivity index (χ0) is 26.1. The Labute approximate surface area is 214 Å². The van der Waals surface area contributed by atoms with Gasteiger partial charge < -0.3 is 9.47 Å². The summed E-state index contributed by atoms with van der Waals surface area (Å²) in [7, 11) is -3.58. The molecule has 1 heterocycles. The lowest BCUT2D eigenvalue weighted by Gasteiger charge is -2.12. The summed E-state index contributed by atoms with van der Waals surface area (Å²) in [5.41, 5.74) is 2.66. The Hall–Kier alpha value is -3.75. The van der Waals surface area contributed by atoms with E-state index in [9.17, 15) is 18.5 Å². The first-order chi connectivity index (χ1) is 17.2. The molecule has 1 aromatic heterocycles. The van der Waals surface area contributed by atoms with Crippen molar-refractivity contribution in [2.24, 2.45) is 0 Å². The van der Waals surface area contributed by atoms with Gasteiger partial charge in [-0.25, -0.2) is 8.42 Å². The quantitative estimate of drug-likeness (QED) is 0.222. The molecule has 0 fully saturated rings. The summed E-state index contributed by atoms with van der Waals surface area (Å²) in [4.78, 5) is 16.3. The number of sulfone groups is 1. The van der Waals surface area contributed by atoms with E-state index in [1.54, 1.807) is 24.3 Å². The number of carbonyl (C=O) groups excluding carboxylic acids is 1. The van der Waals surface area contributed by atoms with E-state index in [0.717, 1.165) is 28.4 Å². The van der Waals surface area contributed by atoms with Crippen molar-refractivity contribution in [2.75, 3.05) is 24.3 Å². The minimum atomic E-state index is -3.58. The first-order valence-corrected chi connectivity index (χ1v) is 13.6. The standard InChI is InChI=1S/C25H26N4O5S2/c1-4-36(31,32)25-28-24(35-29-25)27-23(30)20(16-26)15-19-9-11-21(12-10-19)33-13-6-14-34-22-17(2)7-5-8-18(22)3/h5,7-12,15H,4,6,13-14H2,1-3H3,(H,27,28,29,30)/b20-15-. The highest BCUT2D eigenvalue weighted by atomic mass is 32.2. The Bertz CT molecular complexity index is 1370. The number of hydrogen-bond donors (Lipinski definition) is 1. The van der Waals surface area contributed by atoms with Crippen molar-refractivity contribution in [3.8, 4) is 17.6 Å². The number of amides is 1. The first kappa shape index (κ1) is 26.8. The van der Waals surface area contributed by atoms with Crippen LogP contribution in [0.15, 0.2) is 53.2 Å². The molecule has 3 aromatic rings. The molecule has 2 aromatic carbocycles. The summed E-state index contributed by atoms with van der Waals surface area (Å²) in [6.45, 7) is 6.52. The van der Waals surface area contributed by atoms with E-state index < -0.39 is 15.7 Å². The number of aryl methyl sites for hydroxylation is 2. The molecule has 0 atom stereocenters. The van der Waals surface area contributed by atoms with Gasteiger partial charge in [-0.05, 0) is 48.7 Å². The second kappa shape index (κ2) is 12.3. The SMILES string of the molecule is CCS(=O)(=O)c1nsc(NC(=O)/C(C#N)=C\c2ccc(OCCCOc3c(C)cccc3C)cc2)n1. The molecule has 0 aliphatic rings. The average Bonchev–Trinajstić information content (AvgIpc) is 3.34. The van der Waals surface area contributed by atoms with E-state index in [-0.39, 0.29) is 21.6 Å². The fourth-order valence-electron chi connectivity index (χ4n) is 3.11. The number of aromatic nitrogens is 2. The second-order valence-corrected chi connectivity index (χ2v) is 10.7. The van der Waals surface area contributed by atoms with Gasteiger partial charge >= 0.3 is 0 Å². The van der Waals surface area contributed by atoms with Crippen LogP contribution in [0.4, 0.5) is 5.13 Å². The predicted molar refractivity (Wildman–Crippen MR) is 138 cm³/mol. The molecule has 1 amide bonds. The molecule has 3 rings (SSSR count). The van der Waals surface area contributed by atoms with E-state index in [1.165, 1.54) is 13.0 Å². The molecule has 0 aliphatic carbocycles. The van der Waals surface area contributed by atoms with E-state index in [0.29, 0.717) is 30.9 Å². The molecular weight excluding hydrogens is 500 g/mol. The number of para-hydroxylation sites is 1. The molecule has 0 bridgehead atoms. The maximum Gasteiger partial charge on any atom is 0.268 e. The van der Waals surface area contributed by atoms with Crippen LogP contribution in [-0.2, 0) is 14.6 Å². The lowest BCUT2D eigenvalue weighted by atomic mass is 10.1. The fraction of sp³-hybridized carbons (Fsp3) is 0.280. The number of nitriles is 1. The van der Waals surface area contributed by atoms with E-state index in [4.69, 9.17) is 9.47 Å². The number of ether oxygens (including phenoxy) is 2. The van der Waals surface area contributed by atoms with Crippen LogP contribution in [0.5, 0.6) is 11.5 Å². The summed E-state index contributed by atoms with van der Waals surface area (Å²) >= 11 is 0.733. The van der Waals surface area contributed by atoms with Gasteiger partial charge in [-0.15, -0.1) is 0 Å². The van der Waals surface area contributed by atoms with E-state index >= 15 is 0 Å². The van der Waals surface area contributed by atoms with E-state index in [1.807, 2.05) is 38.1 Å². The van der Waals surface area contributed by atoms with Crippen molar-refractivity contribution in [2.45, 2.75) is 32.3 Å². The Morgan fingerprint density at radius 3 is 2.42 bits per heavy atom. The Morgan fingerprint density at radius 1 is 1.11 bits per heavy atom. The summed E-state index contributed by atoms with van der Waals surface area (Å²) in [5, 5.41) is 11.5. The minimum Gasteiger partial charge on any atom is -0.493 e. The maximum atomic E-state index is 12.4. The molecule has 0 aliphatic heterocycles. The highest BCUT2D eigenvalue weighted by molar-refractivity contribution is 7.91. The Morgan fingerprint density at radius 2 is 1.78 bits per heavy atom.